The van der Waals surface area contributed by atoms with Crippen molar-refractivity contribution in [2.75, 3.05) is 11.5 Å². The number of nitrogens with two attached hydrogens (primary N) is 2. The van der Waals surface area contributed by atoms with E-state index in [0.717, 1.165) is 0 Å². The summed E-state index contributed by atoms with van der Waals surface area (Å²) in [4.78, 5) is 3.94. The van der Waals surface area contributed by atoms with E-state index < -0.39 is 0 Å². The molecule has 0 radical (unpaired) electrons. The van der Waals surface area contributed by atoms with Crippen LogP contribution in [0, 0.1) is 5.82 Å². The van der Waals surface area contributed by atoms with Gasteiger partial charge in [0.05, 0.1) is 23.1 Å². The highest BCUT2D eigenvalue weighted by molar-refractivity contribution is 5.82. The molecule has 16 heavy (non-hydrogen) atoms. The van der Waals surface area contributed by atoms with Crippen LogP contribution in [0.4, 0.5) is 15.8 Å². The summed E-state index contributed by atoms with van der Waals surface area (Å²) in [5, 5.41) is 0. The van der Waals surface area contributed by atoms with Crippen molar-refractivity contribution < 1.29 is 8.96 Å². The van der Waals surface area contributed by atoms with Crippen LogP contribution in [-0.4, -0.2) is 4.98 Å². The van der Waals surface area contributed by atoms with Gasteiger partial charge in [0.1, 0.15) is 7.05 Å². The second-order valence-electron chi connectivity index (χ2n) is 3.60. The van der Waals surface area contributed by atoms with Gasteiger partial charge in [-0.05, 0) is 6.07 Å². The smallest absolute Gasteiger partial charge is 0.204 e. The molecule has 2 aromatic heterocycles. The number of rotatable bonds is 1. The average Bonchev–Trinajstić information content (AvgIpc) is 2.20. The van der Waals surface area contributed by atoms with E-state index >= 15 is 0 Å². The summed E-state index contributed by atoms with van der Waals surface area (Å²) < 4.78 is 14.9. The second kappa shape index (κ2) is 3.77. The molecule has 5 heteroatoms. The number of aromatic nitrogens is 2. The zero-order valence-electron chi connectivity index (χ0n) is 8.81. The molecular weight excluding hydrogens is 207 g/mol. The Balaban J connectivity index is 2.63. The van der Waals surface area contributed by atoms with Crippen molar-refractivity contribution in [2.24, 2.45) is 7.05 Å². The molecule has 0 spiro atoms. The third kappa shape index (κ3) is 1.79. The standard InChI is InChI=1S/C11H12FN4/c1-16-5-7(2-8(12)6-16)9-3-15-4-10(13)11(9)14/h2-6H,13H2,1H3,(H2,14,15)/q+1. The summed E-state index contributed by atoms with van der Waals surface area (Å²) in [7, 11) is 1.74. The highest BCUT2D eigenvalue weighted by Crippen LogP contribution is 2.28. The normalized spacial score (nSPS) is 10.4. The monoisotopic (exact) mass is 219 g/mol. The minimum absolute atomic E-state index is 0.332. The first-order chi connectivity index (χ1) is 7.58. The SMILES string of the molecule is C[n+]1cc(F)cc(-c2cncc(N)c2N)c1. The summed E-state index contributed by atoms with van der Waals surface area (Å²) in [5.41, 5.74) is 13.6. The first kappa shape index (κ1) is 10.4. The molecule has 2 aromatic rings. The number of nitrogens with zero attached hydrogens (tertiary/aromatic N) is 2. The fourth-order valence-electron chi connectivity index (χ4n) is 1.54. The van der Waals surface area contributed by atoms with Gasteiger partial charge in [-0.15, -0.1) is 0 Å². The van der Waals surface area contributed by atoms with Crippen LogP contribution in [-0.2, 0) is 7.05 Å². The molecule has 0 aliphatic carbocycles. The van der Waals surface area contributed by atoms with Crippen LogP contribution in [0.3, 0.4) is 0 Å². The van der Waals surface area contributed by atoms with Crippen LogP contribution >= 0.6 is 0 Å². The van der Waals surface area contributed by atoms with E-state index in [4.69, 9.17) is 11.5 Å². The van der Waals surface area contributed by atoms with E-state index in [1.165, 1.54) is 18.5 Å². The van der Waals surface area contributed by atoms with Crippen LogP contribution in [0.1, 0.15) is 0 Å². The average molecular weight is 219 g/mol. The predicted octanol–water partition coefficient (Wildman–Crippen LogP) is 0.877. The Bertz CT molecular complexity index is 519. The lowest BCUT2D eigenvalue weighted by molar-refractivity contribution is -0.672. The summed E-state index contributed by atoms with van der Waals surface area (Å²) in [6.45, 7) is 0. The van der Waals surface area contributed by atoms with Crippen molar-refractivity contribution in [1.29, 1.82) is 0 Å². The summed E-state index contributed by atoms with van der Waals surface area (Å²) in [6, 6.07) is 1.40. The topological polar surface area (TPSA) is 68.8 Å². The molecule has 82 valence electrons. The van der Waals surface area contributed by atoms with E-state index in [2.05, 4.69) is 4.98 Å². The number of hydrogen-bond acceptors (Lipinski definition) is 3. The second-order valence-corrected chi connectivity index (χ2v) is 3.60. The van der Waals surface area contributed by atoms with Gasteiger partial charge in [-0.3, -0.25) is 4.98 Å². The molecule has 0 bridgehead atoms. The lowest BCUT2D eigenvalue weighted by Gasteiger charge is -2.06. The molecule has 2 heterocycles. The van der Waals surface area contributed by atoms with Crippen molar-refractivity contribution in [3.05, 3.63) is 36.7 Å². The van der Waals surface area contributed by atoms with Crippen LogP contribution in [0.5, 0.6) is 0 Å². The van der Waals surface area contributed by atoms with Crippen LogP contribution in [0.25, 0.3) is 11.1 Å². The molecule has 0 unspecified atom stereocenters. The first-order valence-corrected chi connectivity index (χ1v) is 4.73. The number of aryl methyl sites for hydroxylation is 1. The molecule has 2 rings (SSSR count). The minimum Gasteiger partial charge on any atom is -0.396 e. The third-order valence-electron chi connectivity index (χ3n) is 2.29. The van der Waals surface area contributed by atoms with E-state index in [1.54, 1.807) is 24.0 Å². The minimum atomic E-state index is -0.332. The van der Waals surface area contributed by atoms with Crippen molar-refractivity contribution >= 4 is 11.4 Å². The Morgan fingerprint density at radius 3 is 2.69 bits per heavy atom. The zero-order valence-corrected chi connectivity index (χ0v) is 8.81. The maximum Gasteiger partial charge on any atom is 0.204 e. The van der Waals surface area contributed by atoms with Crippen molar-refractivity contribution in [3.8, 4) is 11.1 Å². The highest BCUT2D eigenvalue weighted by Gasteiger charge is 2.11. The molecule has 0 aliphatic heterocycles. The molecule has 0 amide bonds. The maximum absolute atomic E-state index is 13.2. The Labute approximate surface area is 92.3 Å². The fourth-order valence-corrected chi connectivity index (χ4v) is 1.54. The Morgan fingerprint density at radius 2 is 2.00 bits per heavy atom. The number of nitrogen functional groups attached to an aromatic ring is 2. The van der Waals surface area contributed by atoms with Gasteiger partial charge in [-0.2, -0.15) is 0 Å². The molecule has 0 aliphatic rings. The number of halogens is 1. The fraction of sp³-hybridized carbons (Fsp3) is 0.0909. The van der Waals surface area contributed by atoms with Crippen LogP contribution in [0.15, 0.2) is 30.9 Å². The van der Waals surface area contributed by atoms with Gasteiger partial charge in [0.15, 0.2) is 12.0 Å². The van der Waals surface area contributed by atoms with Gasteiger partial charge in [0.25, 0.3) is 0 Å². The van der Waals surface area contributed by atoms with E-state index in [-0.39, 0.29) is 5.82 Å². The Morgan fingerprint density at radius 1 is 1.25 bits per heavy atom. The third-order valence-corrected chi connectivity index (χ3v) is 2.29. The summed E-state index contributed by atoms with van der Waals surface area (Å²) in [5.74, 6) is -0.332. The van der Waals surface area contributed by atoms with Gasteiger partial charge in [-0.1, -0.05) is 0 Å². The van der Waals surface area contributed by atoms with Gasteiger partial charge in [-0.25, -0.2) is 8.96 Å². The van der Waals surface area contributed by atoms with Crippen molar-refractivity contribution in [3.63, 3.8) is 0 Å². The summed E-state index contributed by atoms with van der Waals surface area (Å²) >= 11 is 0. The first-order valence-electron chi connectivity index (χ1n) is 4.73. The lowest BCUT2D eigenvalue weighted by Crippen LogP contribution is -2.27. The van der Waals surface area contributed by atoms with Crippen LogP contribution < -0.4 is 16.0 Å². The van der Waals surface area contributed by atoms with Gasteiger partial charge in [0.2, 0.25) is 6.20 Å². The van der Waals surface area contributed by atoms with Gasteiger partial charge >= 0.3 is 0 Å². The molecule has 0 fully saturated rings. The highest BCUT2D eigenvalue weighted by atomic mass is 19.1. The molecule has 4 nitrogen and oxygen atoms in total. The van der Waals surface area contributed by atoms with Crippen molar-refractivity contribution in [1.82, 2.24) is 4.98 Å². The molecule has 0 saturated heterocycles. The lowest BCUT2D eigenvalue weighted by atomic mass is 10.1. The number of anilines is 2. The molecule has 0 atom stereocenters. The van der Waals surface area contributed by atoms with Gasteiger partial charge in [0, 0.05) is 11.8 Å². The van der Waals surface area contributed by atoms with Crippen LogP contribution in [0.2, 0.25) is 0 Å². The number of hydrogen-bond donors (Lipinski definition) is 2. The van der Waals surface area contributed by atoms with Crippen molar-refractivity contribution in [2.45, 2.75) is 0 Å². The molecule has 0 saturated carbocycles. The Hall–Kier alpha value is -2.17. The quantitative estimate of drug-likeness (QED) is 0.699. The largest absolute Gasteiger partial charge is 0.396 e. The number of pyridine rings is 2. The summed E-state index contributed by atoms with van der Waals surface area (Å²) in [6.07, 6.45) is 6.17. The van der Waals surface area contributed by atoms with E-state index in [1.807, 2.05) is 0 Å². The maximum atomic E-state index is 13.2. The van der Waals surface area contributed by atoms with E-state index in [0.29, 0.717) is 22.5 Å². The van der Waals surface area contributed by atoms with Gasteiger partial charge < -0.3 is 11.5 Å². The molecule has 0 aromatic carbocycles. The Kier molecular flexibility index (Phi) is 2.44. The zero-order chi connectivity index (χ0) is 11.7. The van der Waals surface area contributed by atoms with E-state index in [9.17, 15) is 4.39 Å². The molecule has 4 N–H and O–H groups in total. The predicted molar refractivity (Wildman–Crippen MR) is 59.6 cm³/mol. The molecular formula is C11H12FN4+.